The molecule has 0 aromatic carbocycles. The molecule has 0 aliphatic rings. The predicted octanol–water partition coefficient (Wildman–Crippen LogP) is 3.56. The SMILES string of the molecule is CCC(N)(CC)C(O)/C=C(\C)CCC=C(C)C. The fourth-order valence-corrected chi connectivity index (χ4v) is 1.78. The summed E-state index contributed by atoms with van der Waals surface area (Å²) in [5.41, 5.74) is 8.24. The van der Waals surface area contributed by atoms with Gasteiger partial charge in [-0.25, -0.2) is 0 Å². The molecular formula is C15H29NO. The van der Waals surface area contributed by atoms with Gasteiger partial charge in [-0.2, -0.15) is 0 Å². The van der Waals surface area contributed by atoms with Crippen LogP contribution in [0.15, 0.2) is 23.3 Å². The van der Waals surface area contributed by atoms with Crippen LogP contribution in [-0.4, -0.2) is 16.7 Å². The highest BCUT2D eigenvalue weighted by molar-refractivity contribution is 5.10. The summed E-state index contributed by atoms with van der Waals surface area (Å²) in [7, 11) is 0. The molecule has 1 atom stereocenters. The average Bonchev–Trinajstić information content (AvgIpc) is 2.27. The van der Waals surface area contributed by atoms with Crippen molar-refractivity contribution in [3.05, 3.63) is 23.3 Å². The van der Waals surface area contributed by atoms with Crippen LogP contribution in [0.5, 0.6) is 0 Å². The molecule has 3 N–H and O–H groups in total. The van der Waals surface area contributed by atoms with Gasteiger partial charge in [0, 0.05) is 5.54 Å². The zero-order valence-electron chi connectivity index (χ0n) is 12.1. The quantitative estimate of drug-likeness (QED) is 0.667. The molecule has 0 saturated heterocycles. The Balaban J connectivity index is 4.41. The topological polar surface area (TPSA) is 46.2 Å². The lowest BCUT2D eigenvalue weighted by Crippen LogP contribution is -2.49. The van der Waals surface area contributed by atoms with Gasteiger partial charge in [-0.3, -0.25) is 0 Å². The molecule has 0 bridgehead atoms. The Morgan fingerprint density at radius 1 is 1.24 bits per heavy atom. The Hall–Kier alpha value is -0.600. The van der Waals surface area contributed by atoms with Gasteiger partial charge < -0.3 is 10.8 Å². The smallest absolute Gasteiger partial charge is 0.0902 e. The standard InChI is InChI=1S/C15H29NO/c1-6-15(16,7-2)14(17)11-13(5)10-8-9-12(3)4/h9,11,14,17H,6-8,10,16H2,1-5H3/b13-11+. The fraction of sp³-hybridized carbons (Fsp3) is 0.733. The first-order chi connectivity index (χ1) is 7.85. The van der Waals surface area contributed by atoms with Crippen LogP contribution in [0, 0.1) is 0 Å². The molecule has 0 saturated carbocycles. The first-order valence-electron chi connectivity index (χ1n) is 6.63. The third kappa shape index (κ3) is 6.04. The minimum atomic E-state index is -0.538. The Morgan fingerprint density at radius 2 is 1.76 bits per heavy atom. The zero-order valence-corrected chi connectivity index (χ0v) is 12.1. The minimum absolute atomic E-state index is 0.474. The molecule has 0 aromatic heterocycles. The zero-order chi connectivity index (χ0) is 13.5. The van der Waals surface area contributed by atoms with E-state index in [1.165, 1.54) is 11.1 Å². The second-order valence-corrected chi connectivity index (χ2v) is 5.22. The van der Waals surface area contributed by atoms with Crippen LogP contribution < -0.4 is 5.73 Å². The summed E-state index contributed by atoms with van der Waals surface area (Å²) in [5.74, 6) is 0. The van der Waals surface area contributed by atoms with Gasteiger partial charge in [-0.15, -0.1) is 0 Å². The maximum Gasteiger partial charge on any atom is 0.0902 e. The number of aliphatic hydroxyl groups is 1. The van der Waals surface area contributed by atoms with Crippen molar-refractivity contribution in [3.63, 3.8) is 0 Å². The molecule has 0 rings (SSSR count). The van der Waals surface area contributed by atoms with Gasteiger partial charge in [0.2, 0.25) is 0 Å². The Bertz CT molecular complexity index is 271. The van der Waals surface area contributed by atoms with Crippen LogP contribution in [0.2, 0.25) is 0 Å². The van der Waals surface area contributed by atoms with E-state index in [2.05, 4.69) is 26.8 Å². The van der Waals surface area contributed by atoms with E-state index in [0.717, 1.165) is 25.7 Å². The first kappa shape index (κ1) is 16.4. The van der Waals surface area contributed by atoms with E-state index in [-0.39, 0.29) is 0 Å². The summed E-state index contributed by atoms with van der Waals surface area (Å²) >= 11 is 0. The van der Waals surface area contributed by atoms with Crippen molar-refractivity contribution < 1.29 is 5.11 Å². The Morgan fingerprint density at radius 3 is 2.18 bits per heavy atom. The molecule has 0 amide bonds. The predicted molar refractivity (Wildman–Crippen MR) is 75.9 cm³/mol. The third-order valence-electron chi connectivity index (χ3n) is 3.44. The maximum absolute atomic E-state index is 10.1. The molecule has 17 heavy (non-hydrogen) atoms. The number of nitrogens with two attached hydrogens (primary N) is 1. The molecule has 0 fully saturated rings. The molecule has 0 aliphatic carbocycles. The van der Waals surface area contributed by atoms with Crippen LogP contribution in [0.25, 0.3) is 0 Å². The summed E-state index contributed by atoms with van der Waals surface area (Å²) in [6.07, 6.45) is 7.22. The van der Waals surface area contributed by atoms with E-state index in [9.17, 15) is 5.11 Å². The first-order valence-corrected chi connectivity index (χ1v) is 6.63. The molecule has 2 heteroatoms. The van der Waals surface area contributed by atoms with Crippen LogP contribution in [0.1, 0.15) is 60.3 Å². The molecule has 1 unspecified atom stereocenters. The number of rotatable bonds is 7. The van der Waals surface area contributed by atoms with Gasteiger partial charge in [0.1, 0.15) is 0 Å². The molecular weight excluding hydrogens is 210 g/mol. The van der Waals surface area contributed by atoms with Gasteiger partial charge in [0.25, 0.3) is 0 Å². The monoisotopic (exact) mass is 239 g/mol. The Labute approximate surface area is 107 Å². The molecule has 2 nitrogen and oxygen atoms in total. The lowest BCUT2D eigenvalue weighted by molar-refractivity contribution is 0.118. The number of aliphatic hydroxyl groups excluding tert-OH is 1. The van der Waals surface area contributed by atoms with E-state index < -0.39 is 11.6 Å². The molecule has 0 heterocycles. The second kappa shape index (κ2) is 7.67. The fourth-order valence-electron chi connectivity index (χ4n) is 1.78. The van der Waals surface area contributed by atoms with Gasteiger partial charge in [0.05, 0.1) is 6.10 Å². The van der Waals surface area contributed by atoms with Crippen molar-refractivity contribution in [2.24, 2.45) is 5.73 Å². The molecule has 0 aromatic rings. The number of hydrogen-bond donors (Lipinski definition) is 2. The molecule has 0 radical (unpaired) electrons. The van der Waals surface area contributed by atoms with Crippen LogP contribution >= 0.6 is 0 Å². The maximum atomic E-state index is 10.1. The largest absolute Gasteiger partial charge is 0.387 e. The summed E-state index contributed by atoms with van der Waals surface area (Å²) in [5, 5.41) is 10.1. The second-order valence-electron chi connectivity index (χ2n) is 5.22. The van der Waals surface area contributed by atoms with Crippen LogP contribution in [-0.2, 0) is 0 Å². The lowest BCUT2D eigenvalue weighted by atomic mass is 9.86. The van der Waals surface area contributed by atoms with Crippen molar-refractivity contribution in [1.82, 2.24) is 0 Å². The number of allylic oxidation sites excluding steroid dienone is 3. The molecule has 0 spiro atoms. The van der Waals surface area contributed by atoms with Crippen molar-refractivity contribution in [2.45, 2.75) is 71.9 Å². The van der Waals surface area contributed by atoms with Crippen LogP contribution in [0.4, 0.5) is 0 Å². The normalized spacial score (nSPS) is 14.6. The number of hydrogen-bond acceptors (Lipinski definition) is 2. The van der Waals surface area contributed by atoms with Gasteiger partial charge >= 0.3 is 0 Å². The summed E-state index contributed by atoms with van der Waals surface area (Å²) in [4.78, 5) is 0. The van der Waals surface area contributed by atoms with E-state index in [1.54, 1.807) is 0 Å². The third-order valence-corrected chi connectivity index (χ3v) is 3.44. The van der Waals surface area contributed by atoms with Crippen molar-refractivity contribution >= 4 is 0 Å². The average molecular weight is 239 g/mol. The van der Waals surface area contributed by atoms with E-state index in [0.29, 0.717) is 0 Å². The van der Waals surface area contributed by atoms with E-state index in [4.69, 9.17) is 5.73 Å². The van der Waals surface area contributed by atoms with Crippen molar-refractivity contribution in [1.29, 1.82) is 0 Å². The highest BCUT2D eigenvalue weighted by Crippen LogP contribution is 2.19. The molecule has 0 aliphatic heterocycles. The summed E-state index contributed by atoms with van der Waals surface area (Å²) in [6, 6.07) is 0. The van der Waals surface area contributed by atoms with Gasteiger partial charge in [0.15, 0.2) is 0 Å². The van der Waals surface area contributed by atoms with E-state index >= 15 is 0 Å². The highest BCUT2D eigenvalue weighted by atomic mass is 16.3. The minimum Gasteiger partial charge on any atom is -0.387 e. The molecule has 100 valence electrons. The summed E-state index contributed by atoms with van der Waals surface area (Å²) in [6.45, 7) is 10.3. The van der Waals surface area contributed by atoms with E-state index in [1.807, 2.05) is 19.9 Å². The summed E-state index contributed by atoms with van der Waals surface area (Å²) < 4.78 is 0. The van der Waals surface area contributed by atoms with Crippen LogP contribution in [0.3, 0.4) is 0 Å². The Kier molecular flexibility index (Phi) is 7.40. The van der Waals surface area contributed by atoms with Crippen molar-refractivity contribution in [2.75, 3.05) is 0 Å². The van der Waals surface area contributed by atoms with Gasteiger partial charge in [-0.1, -0.05) is 37.1 Å². The lowest BCUT2D eigenvalue weighted by Gasteiger charge is -2.31. The van der Waals surface area contributed by atoms with Gasteiger partial charge in [-0.05, 0) is 46.5 Å². The van der Waals surface area contributed by atoms with Crippen molar-refractivity contribution in [3.8, 4) is 0 Å². The highest BCUT2D eigenvalue weighted by Gasteiger charge is 2.28.